The number of unbranched alkanes of at least 4 members (excludes halogenated alkanes) is 38. The lowest BCUT2D eigenvalue weighted by Crippen LogP contribution is -2.47. The standard InChI is InChI=1S/C82H147N2O7P/c1-7-10-13-16-19-22-25-28-30-32-34-36-38-40-42-44-46-48-50-52-54-56-59-62-65-68-71-74-81(85)83-79(78-90-92(87,88)89-77-76-84(4,5)6)80(73-70-67-64-61-58-27-24-21-18-15-12-9-3)91-82(86)75-72-69-66-63-60-57-55-53-51-49-47-45-43-41-39-37-35-33-31-29-26-23-20-17-14-11-8-2/h10,13,19-20,22-23,28-31,34,36,40,42,46,48,70,73,79-80H,7-9,11-12,14-18,21,24-27,32-33,35,37-39,41,43-45,47,49-69,71-72,74-78H2,1-6H3,(H-,83,85,87,88)/p+1/b13-10-,22-19-,23-20-,30-28-,31-29-,36-34-,42-40-,48-46-,73-70+. The Labute approximate surface area is 570 Å². The molecule has 92 heavy (non-hydrogen) atoms. The smallest absolute Gasteiger partial charge is 0.456 e. The van der Waals surface area contributed by atoms with Crippen molar-refractivity contribution in [3.05, 3.63) is 109 Å². The van der Waals surface area contributed by atoms with Crippen molar-refractivity contribution in [3.63, 3.8) is 0 Å². The Kier molecular flexibility index (Phi) is 67.9. The van der Waals surface area contributed by atoms with Crippen LogP contribution < -0.4 is 5.32 Å². The van der Waals surface area contributed by atoms with Gasteiger partial charge in [-0.05, 0) is 115 Å². The summed E-state index contributed by atoms with van der Waals surface area (Å²) in [5.41, 5.74) is 0. The predicted octanol–water partition coefficient (Wildman–Crippen LogP) is 25.2. The maximum absolute atomic E-state index is 13.7. The number of hydrogen-bond donors (Lipinski definition) is 2. The SMILES string of the molecule is CC/C=C\C/C=C\C/C=C\C/C=C\C/C=C\C/C=C\CCCCCCCCCCC(=O)NC(COP(=O)(O)OCC[N+](C)(C)C)C(/C=C/CCCCCCCCCCCC)OC(=O)CCCCCCCCCCCCCCCCCCC/C=C\C/C=C\CCCCC. The number of phosphoric acid groups is 1. The number of carbonyl (C=O) groups excluding carboxylic acids is 2. The molecule has 0 fully saturated rings. The maximum atomic E-state index is 13.7. The van der Waals surface area contributed by atoms with Crippen LogP contribution in [0.25, 0.3) is 0 Å². The van der Waals surface area contributed by atoms with Gasteiger partial charge >= 0.3 is 13.8 Å². The van der Waals surface area contributed by atoms with E-state index in [0.29, 0.717) is 17.4 Å². The Bertz CT molecular complexity index is 1940. The summed E-state index contributed by atoms with van der Waals surface area (Å²) in [4.78, 5) is 38.0. The molecule has 2 N–H and O–H groups in total. The zero-order chi connectivity index (χ0) is 67.0. The molecule has 0 saturated heterocycles. The van der Waals surface area contributed by atoms with Crippen molar-refractivity contribution in [2.45, 2.75) is 360 Å². The molecule has 0 saturated carbocycles. The minimum atomic E-state index is -4.47. The number of likely N-dealkylation sites (N-methyl/N-ethyl adjacent to an activating group) is 1. The lowest BCUT2D eigenvalue weighted by molar-refractivity contribution is -0.870. The van der Waals surface area contributed by atoms with Crippen LogP contribution in [0.2, 0.25) is 0 Å². The van der Waals surface area contributed by atoms with E-state index in [1.165, 1.54) is 199 Å². The number of nitrogens with zero attached hydrogens (tertiary/aromatic N) is 1. The van der Waals surface area contributed by atoms with E-state index in [2.05, 4.69) is 123 Å². The minimum absolute atomic E-state index is 0.0351. The van der Waals surface area contributed by atoms with Gasteiger partial charge in [-0.15, -0.1) is 0 Å². The third-order valence-corrected chi connectivity index (χ3v) is 17.9. The number of allylic oxidation sites excluding steroid dienone is 17. The van der Waals surface area contributed by atoms with Crippen molar-refractivity contribution in [1.82, 2.24) is 5.32 Å². The molecule has 0 aromatic carbocycles. The summed E-state index contributed by atoms with van der Waals surface area (Å²) in [6.07, 6.45) is 98.3. The van der Waals surface area contributed by atoms with E-state index in [4.69, 9.17) is 13.8 Å². The van der Waals surface area contributed by atoms with E-state index in [1.807, 2.05) is 33.3 Å². The van der Waals surface area contributed by atoms with E-state index in [1.54, 1.807) is 0 Å². The normalized spacial score (nSPS) is 14.0. The molecule has 0 aliphatic rings. The molecule has 0 aliphatic carbocycles. The molecule has 532 valence electrons. The zero-order valence-electron chi connectivity index (χ0n) is 61.0. The largest absolute Gasteiger partial charge is 0.472 e. The molecule has 1 amide bonds. The maximum Gasteiger partial charge on any atom is 0.472 e. The van der Waals surface area contributed by atoms with Crippen molar-refractivity contribution in [2.75, 3.05) is 40.9 Å². The Morgan fingerprint density at radius 3 is 1.07 bits per heavy atom. The second-order valence-corrected chi connectivity index (χ2v) is 28.6. The molecule has 0 radical (unpaired) electrons. The molecular formula is C82H148N2O7P+. The molecule has 3 atom stereocenters. The average Bonchev–Trinajstić information content (AvgIpc) is 3.69. The third-order valence-electron chi connectivity index (χ3n) is 16.9. The van der Waals surface area contributed by atoms with E-state index in [0.717, 1.165) is 116 Å². The molecule has 0 aliphatic heterocycles. The lowest BCUT2D eigenvalue weighted by atomic mass is 10.0. The van der Waals surface area contributed by atoms with Crippen molar-refractivity contribution in [1.29, 1.82) is 0 Å². The van der Waals surface area contributed by atoms with Crippen LogP contribution in [0.1, 0.15) is 348 Å². The molecule has 9 nitrogen and oxygen atoms in total. The fraction of sp³-hybridized carbons (Fsp3) is 0.756. The number of esters is 1. The Balaban J connectivity index is 4.98. The van der Waals surface area contributed by atoms with Crippen molar-refractivity contribution in [3.8, 4) is 0 Å². The number of hydrogen-bond acceptors (Lipinski definition) is 6. The van der Waals surface area contributed by atoms with Gasteiger partial charge in [0.25, 0.3) is 0 Å². The van der Waals surface area contributed by atoms with E-state index >= 15 is 0 Å². The van der Waals surface area contributed by atoms with Gasteiger partial charge in [-0.3, -0.25) is 18.6 Å². The first kappa shape index (κ1) is 88.7. The molecule has 0 rings (SSSR count). The highest BCUT2D eigenvalue weighted by Crippen LogP contribution is 2.43. The van der Waals surface area contributed by atoms with Crippen LogP contribution in [0.5, 0.6) is 0 Å². The van der Waals surface area contributed by atoms with Crippen LogP contribution in [0.3, 0.4) is 0 Å². The summed E-state index contributed by atoms with van der Waals surface area (Å²) in [6, 6.07) is -0.860. The summed E-state index contributed by atoms with van der Waals surface area (Å²) >= 11 is 0. The van der Waals surface area contributed by atoms with Crippen LogP contribution in [-0.2, 0) is 27.9 Å². The average molecular weight is 1310 g/mol. The Morgan fingerprint density at radius 1 is 0.391 bits per heavy atom. The molecule has 10 heteroatoms. The van der Waals surface area contributed by atoms with Crippen molar-refractivity contribution >= 4 is 19.7 Å². The number of ether oxygens (including phenoxy) is 1. The van der Waals surface area contributed by atoms with Gasteiger partial charge in [0.1, 0.15) is 19.3 Å². The number of quaternary nitrogens is 1. The Hall–Kier alpha value is -3.33. The molecule has 3 unspecified atom stereocenters. The van der Waals surface area contributed by atoms with Gasteiger partial charge in [0.05, 0.1) is 33.8 Å². The summed E-state index contributed by atoms with van der Waals surface area (Å²) in [5, 5.41) is 3.07. The van der Waals surface area contributed by atoms with Crippen LogP contribution in [-0.4, -0.2) is 74.3 Å². The second-order valence-electron chi connectivity index (χ2n) is 27.1. The molecule has 0 bridgehead atoms. The quantitative estimate of drug-likeness (QED) is 0.0205. The monoisotopic (exact) mass is 1300 g/mol. The van der Waals surface area contributed by atoms with Crippen LogP contribution >= 0.6 is 7.82 Å². The highest BCUT2D eigenvalue weighted by Gasteiger charge is 2.30. The van der Waals surface area contributed by atoms with Gasteiger partial charge in [-0.1, -0.05) is 330 Å². The van der Waals surface area contributed by atoms with Gasteiger partial charge in [0.2, 0.25) is 5.91 Å². The fourth-order valence-electron chi connectivity index (χ4n) is 11.0. The molecule has 0 aromatic rings. The summed E-state index contributed by atoms with van der Waals surface area (Å²) in [5.74, 6) is -0.507. The topological polar surface area (TPSA) is 111 Å². The fourth-order valence-corrected chi connectivity index (χ4v) is 11.8. The zero-order valence-corrected chi connectivity index (χ0v) is 61.9. The second kappa shape index (κ2) is 70.5. The van der Waals surface area contributed by atoms with Crippen molar-refractivity contribution in [2.24, 2.45) is 0 Å². The number of rotatable bonds is 70. The van der Waals surface area contributed by atoms with E-state index in [9.17, 15) is 19.0 Å². The Morgan fingerprint density at radius 2 is 0.696 bits per heavy atom. The lowest BCUT2D eigenvalue weighted by Gasteiger charge is -2.27. The first-order valence-corrected chi connectivity index (χ1v) is 40.2. The van der Waals surface area contributed by atoms with Gasteiger partial charge in [0, 0.05) is 12.8 Å². The number of carbonyl (C=O) groups is 2. The summed E-state index contributed by atoms with van der Waals surface area (Å²) in [7, 11) is 1.49. The van der Waals surface area contributed by atoms with E-state index in [-0.39, 0.29) is 31.5 Å². The van der Waals surface area contributed by atoms with Gasteiger partial charge in [-0.25, -0.2) is 4.57 Å². The highest BCUT2D eigenvalue weighted by atomic mass is 31.2. The predicted molar refractivity (Wildman–Crippen MR) is 401 cm³/mol. The number of phosphoric ester groups is 1. The van der Waals surface area contributed by atoms with E-state index < -0.39 is 20.0 Å². The molecule has 0 aromatic heterocycles. The highest BCUT2D eigenvalue weighted by molar-refractivity contribution is 7.47. The molecular weight excluding hydrogens is 1160 g/mol. The minimum Gasteiger partial charge on any atom is -0.456 e. The van der Waals surface area contributed by atoms with Gasteiger partial charge < -0.3 is 19.4 Å². The van der Waals surface area contributed by atoms with Gasteiger partial charge in [0.15, 0.2) is 0 Å². The number of amides is 1. The van der Waals surface area contributed by atoms with Crippen LogP contribution in [0.4, 0.5) is 0 Å². The van der Waals surface area contributed by atoms with Gasteiger partial charge in [-0.2, -0.15) is 0 Å². The van der Waals surface area contributed by atoms with Crippen molar-refractivity contribution < 1.29 is 37.3 Å². The summed E-state index contributed by atoms with van der Waals surface area (Å²) in [6.45, 7) is 6.90. The third kappa shape index (κ3) is 71.0. The molecule has 0 spiro atoms. The molecule has 0 heterocycles. The van der Waals surface area contributed by atoms with Crippen LogP contribution in [0.15, 0.2) is 109 Å². The first-order valence-electron chi connectivity index (χ1n) is 38.7. The number of nitrogens with one attached hydrogen (secondary N) is 1. The first-order chi connectivity index (χ1) is 44.9. The van der Waals surface area contributed by atoms with Crippen LogP contribution in [0, 0.1) is 0 Å². The summed E-state index contributed by atoms with van der Waals surface area (Å²) < 4.78 is 30.9.